The third kappa shape index (κ3) is 3.79. The van der Waals surface area contributed by atoms with Crippen LogP contribution in [0.3, 0.4) is 0 Å². The van der Waals surface area contributed by atoms with E-state index in [0.29, 0.717) is 22.7 Å². The Bertz CT molecular complexity index is 800. The summed E-state index contributed by atoms with van der Waals surface area (Å²) in [7, 11) is 0. The molecule has 3 heteroatoms. The molecule has 0 radical (unpaired) electrons. The number of carbonyl (C=O) groups excluding carboxylic acids is 1. The SMILES string of the molecule is O=C(c1ccccc1)c1cc(Cl)ccc1NCc1ccccc1. The summed E-state index contributed by atoms with van der Waals surface area (Å²) in [4.78, 5) is 12.7. The molecule has 0 atom stereocenters. The Hall–Kier alpha value is -2.58. The van der Waals surface area contributed by atoms with Crippen molar-refractivity contribution in [2.24, 2.45) is 0 Å². The lowest BCUT2D eigenvalue weighted by molar-refractivity contribution is 0.103. The van der Waals surface area contributed by atoms with Crippen LogP contribution in [0.1, 0.15) is 21.5 Å². The van der Waals surface area contributed by atoms with Crippen LogP contribution < -0.4 is 5.32 Å². The van der Waals surface area contributed by atoms with E-state index in [1.54, 1.807) is 12.1 Å². The maximum Gasteiger partial charge on any atom is 0.195 e. The lowest BCUT2D eigenvalue weighted by Gasteiger charge is -2.12. The fourth-order valence-corrected chi connectivity index (χ4v) is 2.57. The summed E-state index contributed by atoms with van der Waals surface area (Å²) in [5.41, 5.74) is 3.17. The topological polar surface area (TPSA) is 29.1 Å². The van der Waals surface area contributed by atoms with Gasteiger partial charge in [0, 0.05) is 28.4 Å². The minimum absolute atomic E-state index is 0.0383. The van der Waals surface area contributed by atoms with Crippen LogP contribution in [-0.2, 0) is 6.54 Å². The van der Waals surface area contributed by atoms with Crippen LogP contribution in [0.5, 0.6) is 0 Å². The number of nitrogens with one attached hydrogen (secondary N) is 1. The molecule has 3 aromatic rings. The quantitative estimate of drug-likeness (QED) is 0.656. The van der Waals surface area contributed by atoms with Gasteiger partial charge in [-0.15, -0.1) is 0 Å². The highest BCUT2D eigenvalue weighted by Crippen LogP contribution is 2.24. The normalized spacial score (nSPS) is 10.3. The van der Waals surface area contributed by atoms with E-state index in [0.717, 1.165) is 11.3 Å². The molecular formula is C20H16ClNO. The van der Waals surface area contributed by atoms with Gasteiger partial charge in [-0.1, -0.05) is 72.3 Å². The number of ketones is 1. The van der Waals surface area contributed by atoms with Gasteiger partial charge in [-0.25, -0.2) is 0 Å². The second-order valence-corrected chi connectivity index (χ2v) is 5.66. The minimum Gasteiger partial charge on any atom is -0.380 e. The van der Waals surface area contributed by atoms with Crippen LogP contribution >= 0.6 is 11.6 Å². The molecule has 0 bridgehead atoms. The van der Waals surface area contributed by atoms with Crippen LogP contribution in [-0.4, -0.2) is 5.78 Å². The van der Waals surface area contributed by atoms with Gasteiger partial charge >= 0.3 is 0 Å². The van der Waals surface area contributed by atoms with E-state index in [1.807, 2.05) is 66.7 Å². The number of anilines is 1. The number of benzene rings is 3. The number of hydrogen-bond donors (Lipinski definition) is 1. The molecule has 0 aliphatic heterocycles. The van der Waals surface area contributed by atoms with Crippen molar-refractivity contribution in [2.45, 2.75) is 6.54 Å². The summed E-state index contributed by atoms with van der Waals surface area (Å²) < 4.78 is 0. The molecule has 0 amide bonds. The molecule has 0 unspecified atom stereocenters. The highest BCUT2D eigenvalue weighted by molar-refractivity contribution is 6.31. The largest absolute Gasteiger partial charge is 0.380 e. The van der Waals surface area contributed by atoms with Crippen LogP contribution in [0, 0.1) is 0 Å². The Morgan fingerprint density at radius 2 is 1.52 bits per heavy atom. The molecular weight excluding hydrogens is 306 g/mol. The van der Waals surface area contributed by atoms with Gasteiger partial charge in [0.25, 0.3) is 0 Å². The molecule has 0 aromatic heterocycles. The summed E-state index contributed by atoms with van der Waals surface area (Å²) in [6.07, 6.45) is 0. The fourth-order valence-electron chi connectivity index (χ4n) is 2.40. The van der Waals surface area contributed by atoms with E-state index in [9.17, 15) is 4.79 Å². The van der Waals surface area contributed by atoms with E-state index < -0.39 is 0 Å². The smallest absolute Gasteiger partial charge is 0.195 e. The Morgan fingerprint density at radius 3 is 2.22 bits per heavy atom. The van der Waals surface area contributed by atoms with Crippen molar-refractivity contribution < 1.29 is 4.79 Å². The highest BCUT2D eigenvalue weighted by atomic mass is 35.5. The summed E-state index contributed by atoms with van der Waals surface area (Å²) in [6, 6.07) is 24.6. The van der Waals surface area contributed by atoms with Crippen LogP contribution in [0.25, 0.3) is 0 Å². The maximum atomic E-state index is 12.7. The molecule has 3 rings (SSSR count). The lowest BCUT2D eigenvalue weighted by atomic mass is 10.0. The molecule has 3 aromatic carbocycles. The molecule has 0 aliphatic carbocycles. The molecule has 0 spiro atoms. The van der Waals surface area contributed by atoms with Gasteiger partial charge in [-0.3, -0.25) is 4.79 Å². The summed E-state index contributed by atoms with van der Waals surface area (Å²) in [5, 5.41) is 3.88. The van der Waals surface area contributed by atoms with Crippen LogP contribution in [0.15, 0.2) is 78.9 Å². The maximum absolute atomic E-state index is 12.7. The monoisotopic (exact) mass is 321 g/mol. The number of hydrogen-bond acceptors (Lipinski definition) is 2. The van der Waals surface area contributed by atoms with Crippen molar-refractivity contribution in [2.75, 3.05) is 5.32 Å². The van der Waals surface area contributed by atoms with Crippen molar-refractivity contribution in [3.8, 4) is 0 Å². The number of carbonyl (C=O) groups is 1. The van der Waals surface area contributed by atoms with Gasteiger partial charge in [0.15, 0.2) is 5.78 Å². The predicted molar refractivity (Wildman–Crippen MR) is 95.1 cm³/mol. The first kappa shape index (κ1) is 15.3. The van der Waals surface area contributed by atoms with Gasteiger partial charge in [-0.2, -0.15) is 0 Å². The Balaban J connectivity index is 1.87. The average Bonchev–Trinajstić information content (AvgIpc) is 2.61. The van der Waals surface area contributed by atoms with Crippen molar-refractivity contribution in [1.82, 2.24) is 0 Å². The zero-order valence-electron chi connectivity index (χ0n) is 12.5. The van der Waals surface area contributed by atoms with E-state index in [2.05, 4.69) is 5.32 Å². The third-order valence-corrected chi connectivity index (χ3v) is 3.82. The van der Waals surface area contributed by atoms with Gasteiger partial charge in [-0.05, 0) is 23.8 Å². The van der Waals surface area contributed by atoms with Crippen molar-refractivity contribution in [1.29, 1.82) is 0 Å². The molecule has 0 saturated heterocycles. The summed E-state index contributed by atoms with van der Waals surface area (Å²) >= 11 is 6.09. The molecule has 2 nitrogen and oxygen atoms in total. The first-order valence-corrected chi connectivity index (χ1v) is 7.79. The summed E-state index contributed by atoms with van der Waals surface area (Å²) in [6.45, 7) is 0.650. The second kappa shape index (κ2) is 7.12. The second-order valence-electron chi connectivity index (χ2n) is 5.22. The molecule has 0 aliphatic rings. The number of rotatable bonds is 5. The van der Waals surface area contributed by atoms with E-state index in [-0.39, 0.29) is 5.78 Å². The van der Waals surface area contributed by atoms with E-state index in [1.165, 1.54) is 0 Å². The van der Waals surface area contributed by atoms with E-state index in [4.69, 9.17) is 11.6 Å². The molecule has 0 fully saturated rings. The molecule has 114 valence electrons. The third-order valence-electron chi connectivity index (χ3n) is 3.59. The zero-order chi connectivity index (χ0) is 16.1. The minimum atomic E-state index is -0.0383. The molecule has 23 heavy (non-hydrogen) atoms. The van der Waals surface area contributed by atoms with Gasteiger partial charge in [0.2, 0.25) is 0 Å². The first-order chi connectivity index (χ1) is 11.2. The predicted octanol–water partition coefficient (Wildman–Crippen LogP) is 5.18. The van der Waals surface area contributed by atoms with Crippen molar-refractivity contribution in [3.63, 3.8) is 0 Å². The number of halogens is 1. The fraction of sp³-hybridized carbons (Fsp3) is 0.0500. The molecule has 0 saturated carbocycles. The molecule has 0 heterocycles. The Labute approximate surface area is 140 Å². The van der Waals surface area contributed by atoms with Gasteiger partial charge in [0.05, 0.1) is 0 Å². The first-order valence-electron chi connectivity index (χ1n) is 7.41. The van der Waals surface area contributed by atoms with E-state index >= 15 is 0 Å². The average molecular weight is 322 g/mol. The van der Waals surface area contributed by atoms with Crippen molar-refractivity contribution in [3.05, 3.63) is 101 Å². The van der Waals surface area contributed by atoms with Crippen LogP contribution in [0.2, 0.25) is 5.02 Å². The molecule has 1 N–H and O–H groups in total. The van der Waals surface area contributed by atoms with Crippen LogP contribution in [0.4, 0.5) is 5.69 Å². The van der Waals surface area contributed by atoms with Gasteiger partial charge < -0.3 is 5.32 Å². The van der Waals surface area contributed by atoms with Crippen molar-refractivity contribution >= 4 is 23.1 Å². The Morgan fingerprint density at radius 1 is 0.870 bits per heavy atom. The Kier molecular flexibility index (Phi) is 4.74. The highest BCUT2D eigenvalue weighted by Gasteiger charge is 2.14. The zero-order valence-corrected chi connectivity index (χ0v) is 13.3. The standard InChI is InChI=1S/C20H16ClNO/c21-17-11-12-19(22-14-15-7-3-1-4-8-15)18(13-17)20(23)16-9-5-2-6-10-16/h1-13,22H,14H2. The van der Waals surface area contributed by atoms with Gasteiger partial charge in [0.1, 0.15) is 0 Å². The summed E-state index contributed by atoms with van der Waals surface area (Å²) in [5.74, 6) is -0.0383. The lowest BCUT2D eigenvalue weighted by Crippen LogP contribution is -2.08.